The lowest BCUT2D eigenvalue weighted by Gasteiger charge is -2.24. The number of aliphatic hydroxyl groups excluding tert-OH is 1. The van der Waals surface area contributed by atoms with E-state index in [4.69, 9.17) is 10.7 Å². The molecule has 4 nitrogen and oxygen atoms in total. The highest BCUT2D eigenvalue weighted by atomic mass is 16.3. The van der Waals surface area contributed by atoms with Crippen LogP contribution in [0, 0.1) is 0 Å². The van der Waals surface area contributed by atoms with E-state index >= 15 is 0 Å². The van der Waals surface area contributed by atoms with E-state index in [0.717, 1.165) is 16.6 Å². The molecule has 1 aromatic heterocycles. The minimum Gasteiger partial charge on any atom is -0.387 e. The molecule has 1 aromatic carbocycles. The zero-order chi connectivity index (χ0) is 12.7. The van der Waals surface area contributed by atoms with Crippen molar-refractivity contribution in [3.8, 4) is 0 Å². The molecule has 0 amide bonds. The number of hydrogen-bond donors (Lipinski definition) is 2. The van der Waals surface area contributed by atoms with E-state index < -0.39 is 6.10 Å². The quantitative estimate of drug-likeness (QED) is 0.867. The minimum absolute atomic E-state index is 0.249. The summed E-state index contributed by atoms with van der Waals surface area (Å²) in [7, 11) is 2.06. The van der Waals surface area contributed by atoms with Gasteiger partial charge in [0, 0.05) is 19.5 Å². The zero-order valence-corrected chi connectivity index (χ0v) is 10.6. The molecule has 1 fully saturated rings. The van der Waals surface area contributed by atoms with Gasteiger partial charge in [-0.15, -0.1) is 0 Å². The summed E-state index contributed by atoms with van der Waals surface area (Å²) in [6.07, 6.45) is 3.21. The highest BCUT2D eigenvalue weighted by Crippen LogP contribution is 2.37. The van der Waals surface area contributed by atoms with Crippen LogP contribution in [0.4, 0.5) is 0 Å². The van der Waals surface area contributed by atoms with Crippen LogP contribution in [-0.4, -0.2) is 21.2 Å². The number of nitrogens with two attached hydrogens (primary N) is 1. The van der Waals surface area contributed by atoms with Gasteiger partial charge in [0.1, 0.15) is 5.82 Å². The standard InChI is InChI=1S/C14H19N3O/c1-17-12-7-10(13(18)8-15)5-6-11(12)16-14(17)9-3-2-4-9/h5-7,9,13,18H,2-4,8,15H2,1H3. The number of imidazole rings is 1. The second-order valence-corrected chi connectivity index (χ2v) is 5.16. The van der Waals surface area contributed by atoms with Gasteiger partial charge < -0.3 is 15.4 Å². The molecular weight excluding hydrogens is 226 g/mol. The van der Waals surface area contributed by atoms with Crippen molar-refractivity contribution in [1.82, 2.24) is 9.55 Å². The summed E-state index contributed by atoms with van der Waals surface area (Å²) in [5.74, 6) is 1.79. The first-order valence-corrected chi connectivity index (χ1v) is 6.55. The van der Waals surface area contributed by atoms with Crippen molar-refractivity contribution in [2.24, 2.45) is 12.8 Å². The molecule has 0 bridgehead atoms. The molecule has 0 saturated heterocycles. The van der Waals surface area contributed by atoms with E-state index in [9.17, 15) is 5.11 Å². The van der Waals surface area contributed by atoms with Crippen LogP contribution in [-0.2, 0) is 7.05 Å². The van der Waals surface area contributed by atoms with Crippen LogP contribution in [0.5, 0.6) is 0 Å². The second kappa shape index (κ2) is 4.37. The Bertz CT molecular complexity index is 572. The summed E-state index contributed by atoms with van der Waals surface area (Å²) < 4.78 is 2.16. The number of nitrogens with zero attached hydrogens (tertiary/aromatic N) is 2. The molecule has 18 heavy (non-hydrogen) atoms. The lowest BCUT2D eigenvalue weighted by atomic mass is 9.85. The van der Waals surface area contributed by atoms with Gasteiger partial charge in [0.05, 0.1) is 17.1 Å². The molecule has 1 aliphatic carbocycles. The fourth-order valence-electron chi connectivity index (χ4n) is 2.60. The van der Waals surface area contributed by atoms with Gasteiger partial charge in [-0.1, -0.05) is 12.5 Å². The Labute approximate surface area is 106 Å². The highest BCUT2D eigenvalue weighted by molar-refractivity contribution is 5.77. The van der Waals surface area contributed by atoms with Gasteiger partial charge in [-0.2, -0.15) is 0 Å². The fourth-order valence-corrected chi connectivity index (χ4v) is 2.60. The van der Waals surface area contributed by atoms with E-state index in [-0.39, 0.29) is 6.54 Å². The molecule has 1 unspecified atom stereocenters. The summed E-state index contributed by atoms with van der Waals surface area (Å²) in [5, 5.41) is 9.80. The van der Waals surface area contributed by atoms with E-state index in [1.807, 2.05) is 18.2 Å². The molecule has 0 aliphatic heterocycles. The maximum atomic E-state index is 9.80. The van der Waals surface area contributed by atoms with Gasteiger partial charge in [0.2, 0.25) is 0 Å². The fraction of sp³-hybridized carbons (Fsp3) is 0.500. The van der Waals surface area contributed by atoms with Gasteiger partial charge in [0.15, 0.2) is 0 Å². The molecule has 1 aliphatic rings. The average molecular weight is 245 g/mol. The summed E-state index contributed by atoms with van der Waals surface area (Å²) in [4.78, 5) is 4.71. The van der Waals surface area contributed by atoms with Gasteiger partial charge in [0.25, 0.3) is 0 Å². The number of fused-ring (bicyclic) bond motifs is 1. The van der Waals surface area contributed by atoms with Crippen molar-refractivity contribution in [1.29, 1.82) is 0 Å². The Morgan fingerprint density at radius 1 is 1.50 bits per heavy atom. The molecule has 3 N–H and O–H groups in total. The molecule has 0 spiro atoms. The maximum absolute atomic E-state index is 9.80. The predicted octanol–water partition coefficient (Wildman–Crippen LogP) is 1.83. The van der Waals surface area contributed by atoms with E-state index in [2.05, 4.69) is 11.6 Å². The van der Waals surface area contributed by atoms with Gasteiger partial charge in [-0.25, -0.2) is 4.98 Å². The van der Waals surface area contributed by atoms with Crippen LogP contribution < -0.4 is 5.73 Å². The van der Waals surface area contributed by atoms with Crippen molar-refractivity contribution in [2.45, 2.75) is 31.3 Å². The smallest absolute Gasteiger partial charge is 0.112 e. The SMILES string of the molecule is Cn1c(C2CCC2)nc2ccc(C(O)CN)cc21. The third-order valence-corrected chi connectivity index (χ3v) is 4.02. The zero-order valence-electron chi connectivity index (χ0n) is 10.6. The van der Waals surface area contributed by atoms with E-state index in [0.29, 0.717) is 5.92 Å². The molecule has 2 aromatic rings. The minimum atomic E-state index is -0.587. The monoisotopic (exact) mass is 245 g/mol. The summed E-state index contributed by atoms with van der Waals surface area (Å²) in [6.45, 7) is 0.249. The average Bonchev–Trinajstić information content (AvgIpc) is 2.64. The van der Waals surface area contributed by atoms with Crippen LogP contribution in [0.2, 0.25) is 0 Å². The Hall–Kier alpha value is -1.39. The Morgan fingerprint density at radius 3 is 2.89 bits per heavy atom. The van der Waals surface area contributed by atoms with Crippen LogP contribution in [0.25, 0.3) is 11.0 Å². The number of aromatic nitrogens is 2. The summed E-state index contributed by atoms with van der Waals surface area (Å²) in [5.41, 5.74) is 8.46. The number of rotatable bonds is 3. The molecule has 3 rings (SSSR count). The van der Waals surface area contributed by atoms with Crippen LogP contribution in [0.15, 0.2) is 18.2 Å². The number of benzene rings is 1. The first kappa shape index (κ1) is 11.7. The summed E-state index contributed by atoms with van der Waals surface area (Å²) >= 11 is 0. The van der Waals surface area contributed by atoms with Crippen LogP contribution in [0.3, 0.4) is 0 Å². The molecule has 4 heteroatoms. The van der Waals surface area contributed by atoms with Gasteiger partial charge in [-0.3, -0.25) is 0 Å². The van der Waals surface area contributed by atoms with Gasteiger partial charge >= 0.3 is 0 Å². The Kier molecular flexibility index (Phi) is 2.84. The molecule has 96 valence electrons. The molecule has 1 atom stereocenters. The Balaban J connectivity index is 2.07. The predicted molar refractivity (Wildman–Crippen MR) is 71.3 cm³/mol. The topological polar surface area (TPSA) is 64.1 Å². The first-order valence-electron chi connectivity index (χ1n) is 6.55. The van der Waals surface area contributed by atoms with Crippen molar-refractivity contribution < 1.29 is 5.11 Å². The lowest BCUT2D eigenvalue weighted by Crippen LogP contribution is -2.13. The van der Waals surface area contributed by atoms with E-state index in [1.54, 1.807) is 0 Å². The summed E-state index contributed by atoms with van der Waals surface area (Å²) in [6, 6.07) is 5.89. The first-order chi connectivity index (χ1) is 8.70. The second-order valence-electron chi connectivity index (χ2n) is 5.16. The van der Waals surface area contributed by atoms with Crippen molar-refractivity contribution in [3.63, 3.8) is 0 Å². The number of aryl methyl sites for hydroxylation is 1. The lowest BCUT2D eigenvalue weighted by molar-refractivity contribution is 0.187. The van der Waals surface area contributed by atoms with Crippen LogP contribution >= 0.6 is 0 Å². The normalized spacial score (nSPS) is 17.9. The van der Waals surface area contributed by atoms with Crippen molar-refractivity contribution in [3.05, 3.63) is 29.6 Å². The molecule has 1 heterocycles. The van der Waals surface area contributed by atoms with Crippen LogP contribution in [0.1, 0.15) is 42.7 Å². The van der Waals surface area contributed by atoms with E-state index in [1.165, 1.54) is 25.1 Å². The number of hydrogen-bond acceptors (Lipinski definition) is 3. The highest BCUT2D eigenvalue weighted by Gasteiger charge is 2.24. The molecule has 0 radical (unpaired) electrons. The largest absolute Gasteiger partial charge is 0.387 e. The maximum Gasteiger partial charge on any atom is 0.112 e. The molecular formula is C14H19N3O. The van der Waals surface area contributed by atoms with Gasteiger partial charge in [-0.05, 0) is 30.5 Å². The number of aliphatic hydroxyl groups is 1. The Morgan fingerprint density at radius 2 is 2.28 bits per heavy atom. The third-order valence-electron chi connectivity index (χ3n) is 4.02. The van der Waals surface area contributed by atoms with Crippen molar-refractivity contribution in [2.75, 3.05) is 6.54 Å². The van der Waals surface area contributed by atoms with Crippen molar-refractivity contribution >= 4 is 11.0 Å². The molecule has 1 saturated carbocycles. The third kappa shape index (κ3) is 1.72.